The molecule has 2 nitrogen and oxygen atoms in total. The van der Waals surface area contributed by atoms with Gasteiger partial charge in [0.05, 0.1) is 0 Å². The van der Waals surface area contributed by atoms with Gasteiger partial charge in [0.2, 0.25) is 6.10 Å². The minimum absolute atomic E-state index is 0.173. The van der Waals surface area contributed by atoms with Crippen LogP contribution < -0.4 is 10.5 Å². The fourth-order valence-corrected chi connectivity index (χ4v) is 1.83. The maximum absolute atomic E-state index is 12.7. The number of hydrogen-bond donors (Lipinski definition) is 1. The summed E-state index contributed by atoms with van der Waals surface area (Å²) in [6.45, 7) is -0.618. The van der Waals surface area contributed by atoms with Crippen molar-refractivity contribution in [1.82, 2.24) is 0 Å². The molecule has 2 rings (SSSR count). The topological polar surface area (TPSA) is 35.2 Å². The van der Waals surface area contributed by atoms with E-state index >= 15 is 0 Å². The van der Waals surface area contributed by atoms with Crippen LogP contribution in [0.1, 0.15) is 0 Å². The zero-order valence-corrected chi connectivity index (χ0v) is 10.6. The van der Waals surface area contributed by atoms with Crippen LogP contribution >= 0.6 is 0 Å². The van der Waals surface area contributed by atoms with Crippen molar-refractivity contribution >= 4 is 0 Å². The lowest BCUT2D eigenvalue weighted by molar-refractivity contribution is -0.191. The van der Waals surface area contributed by atoms with Gasteiger partial charge in [0.1, 0.15) is 5.75 Å². The predicted octanol–water partition coefficient (Wildman–Crippen LogP) is 3.62. The lowest BCUT2D eigenvalue weighted by Gasteiger charge is -2.21. The van der Waals surface area contributed by atoms with Gasteiger partial charge in [-0.2, -0.15) is 13.2 Å². The third kappa shape index (κ3) is 3.30. The first-order valence-electron chi connectivity index (χ1n) is 6.10. The summed E-state index contributed by atoms with van der Waals surface area (Å²) in [6, 6.07) is 15.7. The predicted molar refractivity (Wildman–Crippen MR) is 71.4 cm³/mol. The number of nitrogens with two attached hydrogens (primary N) is 1. The average molecular weight is 281 g/mol. The monoisotopic (exact) mass is 281 g/mol. The average Bonchev–Trinajstić information content (AvgIpc) is 2.45. The lowest BCUT2D eigenvalue weighted by Crippen LogP contribution is -2.40. The van der Waals surface area contributed by atoms with Gasteiger partial charge in [-0.15, -0.1) is 0 Å². The number of alkyl halides is 3. The van der Waals surface area contributed by atoms with Gasteiger partial charge in [-0.25, -0.2) is 0 Å². The Morgan fingerprint density at radius 1 is 0.950 bits per heavy atom. The van der Waals surface area contributed by atoms with E-state index in [1.807, 2.05) is 30.3 Å². The Bertz CT molecular complexity index is 555. The van der Waals surface area contributed by atoms with Crippen molar-refractivity contribution in [1.29, 1.82) is 0 Å². The Morgan fingerprint density at radius 3 is 2.15 bits per heavy atom. The Labute approximate surface area is 115 Å². The van der Waals surface area contributed by atoms with Crippen LogP contribution in [0.2, 0.25) is 0 Å². The van der Waals surface area contributed by atoms with Crippen LogP contribution in [-0.2, 0) is 0 Å². The molecule has 0 aliphatic heterocycles. The van der Waals surface area contributed by atoms with Crippen molar-refractivity contribution in [3.63, 3.8) is 0 Å². The highest BCUT2D eigenvalue weighted by Gasteiger charge is 2.41. The fourth-order valence-electron chi connectivity index (χ4n) is 1.83. The molecule has 0 bridgehead atoms. The summed E-state index contributed by atoms with van der Waals surface area (Å²) < 4.78 is 43.3. The van der Waals surface area contributed by atoms with Crippen LogP contribution in [0, 0.1) is 0 Å². The largest absolute Gasteiger partial charge is 0.479 e. The quantitative estimate of drug-likeness (QED) is 0.929. The lowest BCUT2D eigenvalue weighted by atomic mass is 10.0. The van der Waals surface area contributed by atoms with Crippen molar-refractivity contribution in [3.8, 4) is 16.9 Å². The molecule has 20 heavy (non-hydrogen) atoms. The molecule has 0 fully saturated rings. The highest BCUT2D eigenvalue weighted by atomic mass is 19.4. The van der Waals surface area contributed by atoms with Gasteiger partial charge in [-0.3, -0.25) is 0 Å². The summed E-state index contributed by atoms with van der Waals surface area (Å²) in [6.07, 6.45) is -6.49. The summed E-state index contributed by atoms with van der Waals surface area (Å²) in [5.41, 5.74) is 6.55. The van der Waals surface area contributed by atoms with Crippen molar-refractivity contribution in [3.05, 3.63) is 54.6 Å². The molecule has 0 aromatic heterocycles. The van der Waals surface area contributed by atoms with Crippen molar-refractivity contribution in [2.45, 2.75) is 12.3 Å². The van der Waals surface area contributed by atoms with E-state index in [1.165, 1.54) is 6.07 Å². The zero-order valence-electron chi connectivity index (χ0n) is 10.6. The highest BCUT2D eigenvalue weighted by Crippen LogP contribution is 2.32. The van der Waals surface area contributed by atoms with Crippen molar-refractivity contribution in [2.75, 3.05) is 6.54 Å². The smallest absolute Gasteiger partial charge is 0.426 e. The molecule has 0 heterocycles. The number of benzene rings is 2. The first kappa shape index (κ1) is 14.4. The SMILES string of the molecule is NCC(Oc1ccccc1-c1ccccc1)C(F)(F)F. The Balaban J connectivity index is 2.34. The minimum atomic E-state index is -4.49. The van der Waals surface area contributed by atoms with Gasteiger partial charge >= 0.3 is 6.18 Å². The second kappa shape index (κ2) is 5.96. The highest BCUT2D eigenvalue weighted by molar-refractivity contribution is 5.70. The van der Waals surface area contributed by atoms with Crippen LogP contribution in [-0.4, -0.2) is 18.8 Å². The number of rotatable bonds is 4. The first-order chi connectivity index (χ1) is 9.52. The molecule has 0 spiro atoms. The van der Waals surface area contributed by atoms with Crippen LogP contribution in [0.25, 0.3) is 11.1 Å². The standard InChI is InChI=1S/C15H14F3NO/c16-15(17,18)14(10-19)20-13-9-5-4-8-12(13)11-6-2-1-3-7-11/h1-9,14H,10,19H2. The number of para-hydroxylation sites is 1. The molecule has 0 amide bonds. The molecule has 5 heteroatoms. The van der Waals surface area contributed by atoms with E-state index in [1.54, 1.807) is 18.2 Å². The molecule has 0 aliphatic carbocycles. The Kier molecular flexibility index (Phi) is 4.29. The van der Waals surface area contributed by atoms with Crippen molar-refractivity contribution < 1.29 is 17.9 Å². The molecule has 0 saturated heterocycles. The van der Waals surface area contributed by atoms with Gasteiger partial charge in [0.25, 0.3) is 0 Å². The third-order valence-corrected chi connectivity index (χ3v) is 2.82. The van der Waals surface area contributed by atoms with Gasteiger partial charge in [-0.1, -0.05) is 48.5 Å². The zero-order chi connectivity index (χ0) is 14.6. The van der Waals surface area contributed by atoms with Gasteiger partial charge < -0.3 is 10.5 Å². The maximum Gasteiger partial charge on any atom is 0.426 e. The molecule has 0 saturated carbocycles. The summed E-state index contributed by atoms with van der Waals surface area (Å²) in [5.74, 6) is 0.173. The molecule has 2 aromatic carbocycles. The van der Waals surface area contributed by atoms with Gasteiger partial charge in [0, 0.05) is 12.1 Å². The third-order valence-electron chi connectivity index (χ3n) is 2.82. The molecular formula is C15H14F3NO. The Hall–Kier alpha value is -2.01. The van der Waals surface area contributed by atoms with Crippen LogP contribution in [0.5, 0.6) is 5.75 Å². The molecule has 0 radical (unpaired) electrons. The van der Waals surface area contributed by atoms with E-state index in [9.17, 15) is 13.2 Å². The molecule has 106 valence electrons. The fraction of sp³-hybridized carbons (Fsp3) is 0.200. The molecule has 1 unspecified atom stereocenters. The molecular weight excluding hydrogens is 267 g/mol. The first-order valence-corrected chi connectivity index (χ1v) is 6.10. The van der Waals surface area contributed by atoms with Gasteiger partial charge in [0.15, 0.2) is 0 Å². The second-order valence-electron chi connectivity index (χ2n) is 4.25. The summed E-state index contributed by atoms with van der Waals surface area (Å²) in [5, 5.41) is 0. The number of ether oxygens (including phenoxy) is 1. The van der Waals surface area contributed by atoms with E-state index in [0.29, 0.717) is 5.56 Å². The summed E-state index contributed by atoms with van der Waals surface area (Å²) >= 11 is 0. The number of hydrogen-bond acceptors (Lipinski definition) is 2. The molecule has 2 N–H and O–H groups in total. The van der Waals surface area contributed by atoms with Crippen LogP contribution in [0.4, 0.5) is 13.2 Å². The molecule has 1 atom stereocenters. The van der Waals surface area contributed by atoms with Crippen molar-refractivity contribution in [2.24, 2.45) is 5.73 Å². The van der Waals surface area contributed by atoms with E-state index in [2.05, 4.69) is 0 Å². The summed E-state index contributed by atoms with van der Waals surface area (Å²) in [7, 11) is 0. The number of halogens is 3. The molecule has 0 aliphatic rings. The van der Waals surface area contributed by atoms with E-state index < -0.39 is 18.8 Å². The van der Waals surface area contributed by atoms with E-state index in [0.717, 1.165) is 5.56 Å². The normalized spacial score (nSPS) is 13.0. The van der Waals surface area contributed by atoms with E-state index in [-0.39, 0.29) is 5.75 Å². The van der Waals surface area contributed by atoms with Crippen LogP contribution in [0.3, 0.4) is 0 Å². The molecule has 2 aromatic rings. The van der Waals surface area contributed by atoms with Gasteiger partial charge in [-0.05, 0) is 11.6 Å². The van der Waals surface area contributed by atoms with E-state index in [4.69, 9.17) is 10.5 Å². The second-order valence-corrected chi connectivity index (χ2v) is 4.25. The minimum Gasteiger partial charge on any atom is -0.479 e. The Morgan fingerprint density at radius 2 is 1.55 bits per heavy atom. The van der Waals surface area contributed by atoms with Crippen LogP contribution in [0.15, 0.2) is 54.6 Å². The summed E-state index contributed by atoms with van der Waals surface area (Å²) in [4.78, 5) is 0. The maximum atomic E-state index is 12.7.